The zero-order valence-corrected chi connectivity index (χ0v) is 11.2. The van der Waals surface area contributed by atoms with Crippen LogP contribution in [-0.4, -0.2) is 26.9 Å². The van der Waals surface area contributed by atoms with Gasteiger partial charge in [-0.1, -0.05) is 0 Å². The van der Waals surface area contributed by atoms with Crippen molar-refractivity contribution in [2.24, 2.45) is 0 Å². The van der Waals surface area contributed by atoms with Gasteiger partial charge >= 0.3 is 0 Å². The summed E-state index contributed by atoms with van der Waals surface area (Å²) in [6, 6.07) is 8.19. The second-order valence-corrected chi connectivity index (χ2v) is 5.87. The van der Waals surface area contributed by atoms with E-state index in [-0.39, 0.29) is 18.5 Å². The Hall–Kier alpha value is -1.58. The predicted molar refractivity (Wildman–Crippen MR) is 69.7 cm³/mol. The molecule has 0 amide bonds. The molecule has 0 aliphatic carbocycles. The van der Waals surface area contributed by atoms with E-state index in [9.17, 15) is 8.42 Å². The molecule has 0 saturated carbocycles. The van der Waals surface area contributed by atoms with Crippen LogP contribution < -0.4 is 4.72 Å². The largest absolute Gasteiger partial charge is 0.378 e. The SMILES string of the molecule is CC(C)OCCS(=O)(=O)Nc1ccc(C#N)cc1. The average molecular weight is 268 g/mol. The fourth-order valence-electron chi connectivity index (χ4n) is 1.24. The topological polar surface area (TPSA) is 79.2 Å². The molecule has 1 rings (SSSR count). The maximum Gasteiger partial charge on any atom is 0.234 e. The Bertz CT molecular complexity index is 515. The zero-order valence-electron chi connectivity index (χ0n) is 10.4. The molecule has 0 heterocycles. The van der Waals surface area contributed by atoms with Crippen LogP contribution in [0.15, 0.2) is 24.3 Å². The molecule has 0 radical (unpaired) electrons. The van der Waals surface area contributed by atoms with Crippen LogP contribution in [0.3, 0.4) is 0 Å². The average Bonchev–Trinajstić information content (AvgIpc) is 2.28. The highest BCUT2D eigenvalue weighted by Gasteiger charge is 2.10. The van der Waals surface area contributed by atoms with Crippen molar-refractivity contribution in [2.45, 2.75) is 20.0 Å². The highest BCUT2D eigenvalue weighted by molar-refractivity contribution is 7.92. The Balaban J connectivity index is 2.57. The van der Waals surface area contributed by atoms with Crippen molar-refractivity contribution < 1.29 is 13.2 Å². The fraction of sp³-hybridized carbons (Fsp3) is 0.417. The minimum Gasteiger partial charge on any atom is -0.378 e. The molecule has 0 spiro atoms. The monoisotopic (exact) mass is 268 g/mol. The van der Waals surface area contributed by atoms with Gasteiger partial charge in [-0.25, -0.2) is 8.42 Å². The van der Waals surface area contributed by atoms with E-state index in [1.165, 1.54) is 0 Å². The number of nitrogens with zero attached hydrogens (tertiary/aromatic N) is 1. The Kier molecular flexibility index (Phi) is 5.13. The van der Waals surface area contributed by atoms with Gasteiger partial charge in [0.25, 0.3) is 0 Å². The van der Waals surface area contributed by atoms with Gasteiger partial charge in [-0.2, -0.15) is 5.26 Å². The number of ether oxygens (including phenoxy) is 1. The maximum absolute atomic E-state index is 11.7. The fourth-order valence-corrected chi connectivity index (χ4v) is 2.15. The molecular formula is C12H16N2O3S. The summed E-state index contributed by atoms with van der Waals surface area (Å²) in [5, 5.41) is 8.62. The van der Waals surface area contributed by atoms with Crippen molar-refractivity contribution in [3.05, 3.63) is 29.8 Å². The highest BCUT2D eigenvalue weighted by atomic mass is 32.2. The van der Waals surface area contributed by atoms with Crippen LogP contribution in [-0.2, 0) is 14.8 Å². The molecule has 18 heavy (non-hydrogen) atoms. The molecule has 0 atom stereocenters. The Morgan fingerprint density at radius 3 is 2.44 bits per heavy atom. The van der Waals surface area contributed by atoms with E-state index in [4.69, 9.17) is 10.00 Å². The van der Waals surface area contributed by atoms with Crippen LogP contribution >= 0.6 is 0 Å². The number of rotatable bonds is 6. The minimum absolute atomic E-state index is 0.00936. The molecule has 98 valence electrons. The van der Waals surface area contributed by atoms with Gasteiger partial charge in [0.05, 0.1) is 30.1 Å². The number of benzene rings is 1. The second kappa shape index (κ2) is 6.38. The summed E-state index contributed by atoms with van der Waals surface area (Å²) in [5.74, 6) is -0.0921. The van der Waals surface area contributed by atoms with Gasteiger partial charge in [0, 0.05) is 5.69 Å². The van der Waals surface area contributed by atoms with Gasteiger partial charge < -0.3 is 4.74 Å². The summed E-state index contributed by atoms with van der Waals surface area (Å²) in [4.78, 5) is 0. The lowest BCUT2D eigenvalue weighted by molar-refractivity contribution is 0.0913. The molecule has 5 nitrogen and oxygen atoms in total. The third-order valence-corrected chi connectivity index (χ3v) is 3.34. The van der Waals surface area contributed by atoms with Crippen molar-refractivity contribution in [1.29, 1.82) is 5.26 Å². The first-order valence-electron chi connectivity index (χ1n) is 5.55. The van der Waals surface area contributed by atoms with Gasteiger partial charge in [0.15, 0.2) is 0 Å². The van der Waals surface area contributed by atoms with Gasteiger partial charge in [-0.15, -0.1) is 0 Å². The molecule has 0 saturated heterocycles. The van der Waals surface area contributed by atoms with Gasteiger partial charge in [0.2, 0.25) is 10.0 Å². The molecule has 0 aromatic heterocycles. The Labute approximate surface area is 107 Å². The number of hydrogen-bond donors (Lipinski definition) is 1. The summed E-state index contributed by atoms with van der Waals surface area (Å²) >= 11 is 0. The van der Waals surface area contributed by atoms with Gasteiger partial charge in [-0.3, -0.25) is 4.72 Å². The molecule has 1 aromatic rings. The number of anilines is 1. The van der Waals surface area contributed by atoms with E-state index in [0.29, 0.717) is 11.3 Å². The van der Waals surface area contributed by atoms with Crippen LogP contribution in [0.4, 0.5) is 5.69 Å². The number of nitriles is 1. The smallest absolute Gasteiger partial charge is 0.234 e. The molecule has 0 aliphatic rings. The molecule has 0 fully saturated rings. The van der Waals surface area contributed by atoms with E-state index in [1.807, 2.05) is 19.9 Å². The lowest BCUT2D eigenvalue weighted by atomic mass is 10.2. The van der Waals surface area contributed by atoms with E-state index < -0.39 is 10.0 Å². The number of nitrogens with one attached hydrogen (secondary N) is 1. The summed E-state index contributed by atoms with van der Waals surface area (Å²) in [6.45, 7) is 3.85. The molecule has 0 unspecified atom stereocenters. The molecule has 1 N–H and O–H groups in total. The van der Waals surface area contributed by atoms with Crippen molar-refractivity contribution in [3.8, 4) is 6.07 Å². The zero-order chi connectivity index (χ0) is 13.6. The quantitative estimate of drug-likeness (QED) is 0.852. The van der Waals surface area contributed by atoms with Crippen molar-refractivity contribution in [3.63, 3.8) is 0 Å². The van der Waals surface area contributed by atoms with Gasteiger partial charge in [0.1, 0.15) is 0 Å². The van der Waals surface area contributed by atoms with Crippen LogP contribution in [0, 0.1) is 11.3 Å². The van der Waals surface area contributed by atoms with E-state index in [0.717, 1.165) is 0 Å². The molecule has 1 aromatic carbocycles. The number of sulfonamides is 1. The van der Waals surface area contributed by atoms with E-state index in [1.54, 1.807) is 24.3 Å². The summed E-state index contributed by atoms with van der Waals surface area (Å²) in [7, 11) is -3.41. The minimum atomic E-state index is -3.41. The van der Waals surface area contributed by atoms with Crippen molar-refractivity contribution >= 4 is 15.7 Å². The van der Waals surface area contributed by atoms with Crippen molar-refractivity contribution in [2.75, 3.05) is 17.1 Å². The van der Waals surface area contributed by atoms with Crippen LogP contribution in [0.5, 0.6) is 0 Å². The lowest BCUT2D eigenvalue weighted by Gasteiger charge is -2.10. The summed E-state index contributed by atoms with van der Waals surface area (Å²) in [5.41, 5.74) is 0.930. The lowest BCUT2D eigenvalue weighted by Crippen LogP contribution is -2.21. The standard InChI is InChI=1S/C12H16N2O3S/c1-10(2)17-7-8-18(15,16)14-12-5-3-11(9-13)4-6-12/h3-6,10,14H,7-8H2,1-2H3. The summed E-state index contributed by atoms with van der Waals surface area (Å²) < 4.78 is 31.0. The van der Waals surface area contributed by atoms with Crippen molar-refractivity contribution in [1.82, 2.24) is 0 Å². The normalized spacial score (nSPS) is 11.2. The first-order valence-corrected chi connectivity index (χ1v) is 7.20. The predicted octanol–water partition coefficient (Wildman–Crippen LogP) is 1.72. The van der Waals surface area contributed by atoms with E-state index in [2.05, 4.69) is 4.72 Å². The third-order valence-electron chi connectivity index (χ3n) is 2.09. The highest BCUT2D eigenvalue weighted by Crippen LogP contribution is 2.10. The van der Waals surface area contributed by atoms with Gasteiger partial charge in [-0.05, 0) is 38.1 Å². The molecular weight excluding hydrogens is 252 g/mol. The maximum atomic E-state index is 11.7. The second-order valence-electron chi connectivity index (χ2n) is 4.03. The van der Waals surface area contributed by atoms with Crippen LogP contribution in [0.25, 0.3) is 0 Å². The summed E-state index contributed by atoms with van der Waals surface area (Å²) in [6.07, 6.45) is 0.00936. The Morgan fingerprint density at radius 1 is 1.33 bits per heavy atom. The number of hydrogen-bond acceptors (Lipinski definition) is 4. The molecule has 0 bridgehead atoms. The first-order chi connectivity index (χ1) is 8.43. The molecule has 6 heteroatoms. The Morgan fingerprint density at radius 2 is 1.94 bits per heavy atom. The van der Waals surface area contributed by atoms with Crippen LogP contribution in [0.2, 0.25) is 0 Å². The van der Waals surface area contributed by atoms with E-state index >= 15 is 0 Å². The third kappa shape index (κ3) is 5.17. The first kappa shape index (κ1) is 14.5. The van der Waals surface area contributed by atoms with Crippen LogP contribution in [0.1, 0.15) is 19.4 Å². The molecule has 0 aliphatic heterocycles.